The number of nitrogens with zero attached hydrogens (tertiary/aromatic N) is 1. The summed E-state index contributed by atoms with van der Waals surface area (Å²) in [6.07, 6.45) is 1.17. The lowest BCUT2D eigenvalue weighted by atomic mass is 9.92. The van der Waals surface area contributed by atoms with Crippen LogP contribution in [-0.4, -0.2) is 18.6 Å². The zero-order valence-corrected chi connectivity index (χ0v) is 23.5. The molecule has 0 fully saturated rings. The second-order valence-corrected chi connectivity index (χ2v) is 10.0. The molecular weight excluding hydrogens is 575 g/mol. The zero-order chi connectivity index (χ0) is 27.4. The van der Waals surface area contributed by atoms with E-state index >= 15 is 0 Å². The molecule has 3 aromatic rings. The van der Waals surface area contributed by atoms with Gasteiger partial charge in [0, 0.05) is 15.2 Å². The molecule has 1 atom stereocenters. The van der Waals surface area contributed by atoms with Gasteiger partial charge in [-0.15, -0.1) is 0 Å². The molecular formula is C29H27BrClFN2O4. The Bertz CT molecular complexity index is 1390. The third kappa shape index (κ3) is 5.87. The predicted molar refractivity (Wildman–Crippen MR) is 149 cm³/mol. The van der Waals surface area contributed by atoms with Gasteiger partial charge in [-0.2, -0.15) is 0 Å². The first-order valence-corrected chi connectivity index (χ1v) is 13.4. The van der Waals surface area contributed by atoms with E-state index in [-0.39, 0.29) is 18.5 Å². The van der Waals surface area contributed by atoms with Crippen LogP contribution >= 0.6 is 27.5 Å². The number of rotatable bonds is 8. The number of amides is 2. The summed E-state index contributed by atoms with van der Waals surface area (Å²) >= 11 is 10.1. The first-order valence-electron chi connectivity index (χ1n) is 12.2. The molecule has 6 nitrogen and oxygen atoms in total. The third-order valence-electron chi connectivity index (χ3n) is 6.06. The van der Waals surface area contributed by atoms with Crippen molar-refractivity contribution >= 4 is 45.2 Å². The SMILES string of the molecule is CCCC1=C(C(=O)OCC)C(c2ccc(Oc3ccc(F)c(C)c3)cc2Cl)NC(=O)N1c1ccc(Br)cc1. The fraction of sp³-hybridized carbons (Fsp3) is 0.241. The Hall–Kier alpha value is -3.36. The number of hydrogen-bond donors (Lipinski definition) is 1. The lowest BCUT2D eigenvalue weighted by molar-refractivity contribution is -0.139. The molecule has 0 aromatic heterocycles. The van der Waals surface area contributed by atoms with Gasteiger partial charge in [-0.1, -0.05) is 46.9 Å². The number of anilines is 1. The molecule has 3 aromatic carbocycles. The maximum absolute atomic E-state index is 13.6. The minimum absolute atomic E-state index is 0.179. The van der Waals surface area contributed by atoms with Gasteiger partial charge < -0.3 is 14.8 Å². The predicted octanol–water partition coefficient (Wildman–Crippen LogP) is 8.23. The van der Waals surface area contributed by atoms with Gasteiger partial charge in [0.2, 0.25) is 0 Å². The van der Waals surface area contributed by atoms with Crippen molar-refractivity contribution in [1.29, 1.82) is 0 Å². The van der Waals surface area contributed by atoms with E-state index < -0.39 is 12.0 Å². The smallest absolute Gasteiger partial charge is 0.338 e. The van der Waals surface area contributed by atoms with Gasteiger partial charge in [0.1, 0.15) is 17.3 Å². The van der Waals surface area contributed by atoms with Crippen LogP contribution in [0.4, 0.5) is 14.9 Å². The van der Waals surface area contributed by atoms with Gasteiger partial charge in [-0.05, 0) is 86.0 Å². The molecule has 198 valence electrons. The number of halogens is 3. The van der Waals surface area contributed by atoms with E-state index in [2.05, 4.69) is 21.2 Å². The van der Waals surface area contributed by atoms with Crippen LogP contribution in [0.5, 0.6) is 11.5 Å². The van der Waals surface area contributed by atoms with Crippen molar-refractivity contribution < 1.29 is 23.5 Å². The fourth-order valence-electron chi connectivity index (χ4n) is 4.32. The summed E-state index contributed by atoms with van der Waals surface area (Å²) in [7, 11) is 0. The topological polar surface area (TPSA) is 67.9 Å². The lowest BCUT2D eigenvalue weighted by Gasteiger charge is -2.37. The van der Waals surface area contributed by atoms with Gasteiger partial charge >= 0.3 is 12.0 Å². The van der Waals surface area contributed by atoms with Crippen LogP contribution in [0.1, 0.15) is 43.9 Å². The van der Waals surface area contributed by atoms with Crippen molar-refractivity contribution in [2.45, 2.75) is 39.7 Å². The fourth-order valence-corrected chi connectivity index (χ4v) is 4.86. The van der Waals surface area contributed by atoms with E-state index in [1.807, 2.05) is 19.1 Å². The summed E-state index contributed by atoms with van der Waals surface area (Å²) in [5.74, 6) is 0.0401. The Labute approximate surface area is 234 Å². The molecule has 0 aliphatic carbocycles. The Balaban J connectivity index is 1.77. The number of esters is 1. The van der Waals surface area contributed by atoms with E-state index in [9.17, 15) is 14.0 Å². The molecule has 1 aliphatic rings. The van der Waals surface area contributed by atoms with Crippen molar-refractivity contribution in [2.75, 3.05) is 11.5 Å². The molecule has 0 spiro atoms. The minimum Gasteiger partial charge on any atom is -0.463 e. The number of aryl methyl sites for hydroxylation is 1. The second kappa shape index (κ2) is 12.0. The number of benzene rings is 3. The number of nitrogens with one attached hydrogen (secondary N) is 1. The number of carbonyl (C=O) groups is 2. The molecule has 9 heteroatoms. The van der Waals surface area contributed by atoms with Crippen LogP contribution in [0, 0.1) is 12.7 Å². The molecule has 38 heavy (non-hydrogen) atoms. The van der Waals surface area contributed by atoms with Gasteiger partial charge in [0.05, 0.1) is 23.9 Å². The summed E-state index contributed by atoms with van der Waals surface area (Å²) in [6.45, 7) is 5.54. The number of allylic oxidation sites excluding steroid dienone is 1. The number of carbonyl (C=O) groups excluding carboxylic acids is 2. The van der Waals surface area contributed by atoms with Crippen molar-refractivity contribution in [2.24, 2.45) is 0 Å². The van der Waals surface area contributed by atoms with E-state index in [1.165, 1.54) is 17.0 Å². The summed E-state index contributed by atoms with van der Waals surface area (Å²) in [5.41, 5.74) is 2.48. The summed E-state index contributed by atoms with van der Waals surface area (Å²) < 4.78 is 25.8. The van der Waals surface area contributed by atoms with E-state index in [4.69, 9.17) is 21.1 Å². The number of hydrogen-bond acceptors (Lipinski definition) is 4. The van der Waals surface area contributed by atoms with Crippen LogP contribution in [0.3, 0.4) is 0 Å². The van der Waals surface area contributed by atoms with Crippen molar-refractivity contribution in [3.8, 4) is 11.5 Å². The highest BCUT2D eigenvalue weighted by Gasteiger charge is 2.39. The zero-order valence-electron chi connectivity index (χ0n) is 21.2. The van der Waals surface area contributed by atoms with E-state index in [0.717, 1.165) is 4.47 Å². The number of ether oxygens (including phenoxy) is 2. The quantitative estimate of drug-likeness (QED) is 0.264. The molecule has 1 aliphatic heterocycles. The summed E-state index contributed by atoms with van der Waals surface area (Å²) in [5, 5.41) is 3.24. The maximum atomic E-state index is 13.6. The number of urea groups is 1. The lowest BCUT2D eigenvalue weighted by Crippen LogP contribution is -2.49. The monoisotopic (exact) mass is 600 g/mol. The molecule has 0 bridgehead atoms. The first-order chi connectivity index (χ1) is 18.2. The van der Waals surface area contributed by atoms with Crippen LogP contribution in [0.25, 0.3) is 0 Å². The molecule has 2 amide bonds. The molecule has 1 unspecified atom stereocenters. The van der Waals surface area contributed by atoms with Crippen LogP contribution < -0.4 is 15.0 Å². The third-order valence-corrected chi connectivity index (χ3v) is 6.91. The molecule has 4 rings (SSSR count). The van der Waals surface area contributed by atoms with E-state index in [1.54, 1.807) is 50.2 Å². The maximum Gasteiger partial charge on any atom is 0.338 e. The Morgan fingerprint density at radius 3 is 2.39 bits per heavy atom. The molecule has 1 N–H and O–H groups in total. The molecule has 0 saturated carbocycles. The largest absolute Gasteiger partial charge is 0.463 e. The molecule has 0 saturated heterocycles. The highest BCUT2D eigenvalue weighted by atomic mass is 79.9. The second-order valence-electron chi connectivity index (χ2n) is 8.72. The van der Waals surface area contributed by atoms with Gasteiger partial charge in [-0.25, -0.2) is 14.0 Å². The van der Waals surface area contributed by atoms with Gasteiger partial charge in [0.15, 0.2) is 0 Å². The van der Waals surface area contributed by atoms with Crippen molar-refractivity contribution in [1.82, 2.24) is 5.32 Å². The average Bonchev–Trinajstić information content (AvgIpc) is 2.87. The van der Waals surface area contributed by atoms with Crippen LogP contribution in [0.15, 0.2) is 76.4 Å². The highest BCUT2D eigenvalue weighted by molar-refractivity contribution is 9.10. The Morgan fingerprint density at radius 2 is 1.76 bits per heavy atom. The normalized spacial score (nSPS) is 15.4. The van der Waals surface area contributed by atoms with Crippen molar-refractivity contribution in [3.05, 3.63) is 98.4 Å². The van der Waals surface area contributed by atoms with Crippen LogP contribution in [-0.2, 0) is 9.53 Å². The van der Waals surface area contributed by atoms with Crippen LogP contribution in [0.2, 0.25) is 5.02 Å². The standard InChI is InChI=1S/C29H27BrClFN2O4/c1-4-6-25-26(28(35)37-5-2)27(33-29(36)34(25)19-9-7-18(30)8-10-19)22-13-11-21(16-23(22)31)38-20-12-14-24(32)17(3)15-20/h7-16,27H,4-6H2,1-3H3,(H,33,36). The van der Waals surface area contributed by atoms with Gasteiger partial charge in [-0.3, -0.25) is 4.90 Å². The minimum atomic E-state index is -0.829. The molecule has 0 radical (unpaired) electrons. The Morgan fingerprint density at radius 1 is 1.08 bits per heavy atom. The molecule has 1 heterocycles. The summed E-state index contributed by atoms with van der Waals surface area (Å²) in [4.78, 5) is 28.3. The summed E-state index contributed by atoms with van der Waals surface area (Å²) in [6, 6.07) is 15.5. The highest BCUT2D eigenvalue weighted by Crippen LogP contribution is 2.40. The van der Waals surface area contributed by atoms with E-state index in [0.29, 0.717) is 57.4 Å². The van der Waals surface area contributed by atoms with Gasteiger partial charge in [0.25, 0.3) is 0 Å². The Kier molecular flexibility index (Phi) is 8.74. The first kappa shape index (κ1) is 27.7. The average molecular weight is 602 g/mol. The van der Waals surface area contributed by atoms with Crippen molar-refractivity contribution in [3.63, 3.8) is 0 Å².